The van der Waals surface area contributed by atoms with Crippen LogP contribution in [0.25, 0.3) is 0 Å². The van der Waals surface area contributed by atoms with Crippen molar-refractivity contribution >= 4 is 29.6 Å². The first kappa shape index (κ1) is 26.1. The number of non-ortho nitro benzene ring substituents is 1. The van der Waals surface area contributed by atoms with E-state index < -0.39 is 40.5 Å². The molecular weight excluding hydrogens is 484 g/mol. The number of nitrogens with one attached hydrogen (secondary N) is 1. The van der Waals surface area contributed by atoms with Gasteiger partial charge in [0.05, 0.1) is 23.6 Å². The van der Waals surface area contributed by atoms with Gasteiger partial charge >= 0.3 is 18.0 Å². The van der Waals surface area contributed by atoms with Crippen LogP contribution in [0.3, 0.4) is 0 Å². The molecule has 1 aliphatic carbocycles. The molecule has 12 heteroatoms. The van der Waals surface area contributed by atoms with Gasteiger partial charge in [0.1, 0.15) is 17.7 Å². The average Bonchev–Trinajstić information content (AvgIpc) is 3.40. The third-order valence-corrected chi connectivity index (χ3v) is 6.96. The Bertz CT molecular complexity index is 1120. The summed E-state index contributed by atoms with van der Waals surface area (Å²) in [6, 6.07) is 3.64. The molecule has 0 bridgehead atoms. The molecule has 1 N–H and O–H groups in total. The van der Waals surface area contributed by atoms with Gasteiger partial charge in [-0.1, -0.05) is 12.2 Å². The predicted molar refractivity (Wildman–Crippen MR) is 129 cm³/mol. The fourth-order valence-corrected chi connectivity index (χ4v) is 4.82. The van der Waals surface area contributed by atoms with Crippen molar-refractivity contribution < 1.29 is 33.6 Å². The standard InChI is InChI=1S/C25H30N4O8/c1-3-36-23(32)25-14-17(25)7-5-4-6-12-27(2)24(33)28-15-19(13-20(28)21(30)26-25)37-22(31)16-8-10-18(11-9-16)29(34)35/h5,7-11,17,19-20H,3-4,6,12-15H2,1-2H3,(H,26,30)/b7-5-/t17-,19+,20+,25-/m1/s1. The first-order valence-electron chi connectivity index (χ1n) is 12.3. The largest absolute Gasteiger partial charge is 0.464 e. The van der Waals surface area contributed by atoms with E-state index in [1.165, 1.54) is 34.1 Å². The maximum atomic E-state index is 13.4. The monoisotopic (exact) mass is 514 g/mol. The Hall–Kier alpha value is -3.96. The van der Waals surface area contributed by atoms with Crippen molar-refractivity contribution in [1.82, 2.24) is 15.1 Å². The van der Waals surface area contributed by atoms with Gasteiger partial charge in [-0.3, -0.25) is 14.9 Å². The SMILES string of the molecule is CCOC(=O)[C@@]12C[C@H]1/C=C\CCCN(C)C(=O)N1C[C@@H](OC(=O)c3ccc([N+](=O)[O-])cc3)C[C@H]1C(=O)N2. The van der Waals surface area contributed by atoms with Crippen LogP contribution in [-0.4, -0.2) is 83.0 Å². The number of amides is 3. The van der Waals surface area contributed by atoms with Crippen molar-refractivity contribution in [2.75, 3.05) is 26.7 Å². The molecule has 1 aromatic rings. The van der Waals surface area contributed by atoms with E-state index in [0.29, 0.717) is 25.8 Å². The number of nitro groups is 1. The summed E-state index contributed by atoms with van der Waals surface area (Å²) in [5.74, 6) is -1.94. The highest BCUT2D eigenvalue weighted by Gasteiger charge is 2.62. The van der Waals surface area contributed by atoms with E-state index in [1.807, 2.05) is 12.2 Å². The lowest BCUT2D eigenvalue weighted by atomic mass is 10.1. The molecule has 0 unspecified atom stereocenters. The van der Waals surface area contributed by atoms with Crippen molar-refractivity contribution in [3.63, 3.8) is 0 Å². The molecule has 3 aliphatic rings. The molecule has 0 aromatic heterocycles. The first-order valence-corrected chi connectivity index (χ1v) is 12.3. The molecule has 2 heterocycles. The predicted octanol–water partition coefficient (Wildman–Crippen LogP) is 2.03. The smallest absolute Gasteiger partial charge is 0.338 e. The van der Waals surface area contributed by atoms with Crippen LogP contribution < -0.4 is 5.32 Å². The fraction of sp³-hybridized carbons (Fsp3) is 0.520. The molecule has 1 saturated heterocycles. The Morgan fingerprint density at radius 2 is 1.97 bits per heavy atom. The number of nitro benzene ring substituents is 1. The molecule has 4 rings (SSSR count). The second kappa shape index (κ2) is 10.6. The lowest BCUT2D eigenvalue weighted by Crippen LogP contribution is -2.55. The highest BCUT2D eigenvalue weighted by molar-refractivity contribution is 5.95. The maximum absolute atomic E-state index is 13.4. The number of hydrogen-bond donors (Lipinski definition) is 1. The minimum absolute atomic E-state index is 0.00589. The molecule has 37 heavy (non-hydrogen) atoms. The Morgan fingerprint density at radius 1 is 1.24 bits per heavy atom. The zero-order chi connectivity index (χ0) is 26.7. The van der Waals surface area contributed by atoms with E-state index in [0.717, 1.165) is 0 Å². The van der Waals surface area contributed by atoms with E-state index in [2.05, 4.69) is 5.32 Å². The van der Waals surface area contributed by atoms with Crippen LogP contribution in [0.5, 0.6) is 0 Å². The molecular formula is C25H30N4O8. The summed E-state index contributed by atoms with van der Waals surface area (Å²) in [4.78, 5) is 65.3. The van der Waals surface area contributed by atoms with E-state index in [9.17, 15) is 29.3 Å². The first-order chi connectivity index (χ1) is 17.7. The van der Waals surface area contributed by atoms with Crippen LogP contribution in [-0.2, 0) is 19.1 Å². The Morgan fingerprint density at radius 3 is 2.65 bits per heavy atom. The second-order valence-electron chi connectivity index (χ2n) is 9.50. The second-order valence-corrected chi connectivity index (χ2v) is 9.50. The molecule has 198 valence electrons. The minimum atomic E-state index is -1.17. The third-order valence-electron chi connectivity index (χ3n) is 6.96. The number of urea groups is 1. The van der Waals surface area contributed by atoms with Gasteiger partial charge in [0.25, 0.3) is 5.69 Å². The van der Waals surface area contributed by atoms with Crippen molar-refractivity contribution in [3.05, 3.63) is 52.1 Å². The van der Waals surface area contributed by atoms with Gasteiger partial charge in [0.15, 0.2) is 0 Å². The highest BCUT2D eigenvalue weighted by Crippen LogP contribution is 2.46. The van der Waals surface area contributed by atoms with Crippen molar-refractivity contribution in [2.24, 2.45) is 5.92 Å². The minimum Gasteiger partial charge on any atom is -0.464 e. The normalized spacial score (nSPS) is 28.4. The van der Waals surface area contributed by atoms with Crippen LogP contribution in [0, 0.1) is 16.0 Å². The zero-order valence-electron chi connectivity index (χ0n) is 20.8. The molecule has 4 atom stereocenters. The molecule has 12 nitrogen and oxygen atoms in total. The summed E-state index contributed by atoms with van der Waals surface area (Å²) in [5, 5.41) is 13.7. The van der Waals surface area contributed by atoms with Gasteiger partial charge in [-0.05, 0) is 38.3 Å². The van der Waals surface area contributed by atoms with Gasteiger partial charge < -0.3 is 24.6 Å². The third kappa shape index (κ3) is 5.42. The maximum Gasteiger partial charge on any atom is 0.338 e. The summed E-state index contributed by atoms with van der Waals surface area (Å²) >= 11 is 0. The van der Waals surface area contributed by atoms with Gasteiger partial charge in [-0.2, -0.15) is 0 Å². The summed E-state index contributed by atoms with van der Waals surface area (Å²) in [5.41, 5.74) is -1.22. The van der Waals surface area contributed by atoms with Gasteiger partial charge in [0.2, 0.25) is 5.91 Å². The Labute approximate surface area is 213 Å². The van der Waals surface area contributed by atoms with Crippen LogP contribution >= 0.6 is 0 Å². The molecule has 2 aliphatic heterocycles. The lowest BCUT2D eigenvalue weighted by Gasteiger charge is -2.29. The molecule has 2 fully saturated rings. The van der Waals surface area contributed by atoms with E-state index in [4.69, 9.17) is 9.47 Å². The van der Waals surface area contributed by atoms with E-state index in [-0.39, 0.29) is 42.8 Å². The number of carbonyl (C=O) groups is 4. The van der Waals surface area contributed by atoms with Crippen LogP contribution in [0.1, 0.15) is 43.0 Å². The quantitative estimate of drug-likeness (QED) is 0.272. The number of allylic oxidation sites excluding steroid dienone is 1. The van der Waals surface area contributed by atoms with Gasteiger partial charge in [-0.25, -0.2) is 14.4 Å². The molecule has 3 amide bonds. The summed E-state index contributed by atoms with van der Waals surface area (Å²) in [6.07, 6.45) is 4.96. The van der Waals surface area contributed by atoms with Gasteiger partial charge in [-0.15, -0.1) is 0 Å². The number of hydrogen-bond acceptors (Lipinski definition) is 8. The van der Waals surface area contributed by atoms with Crippen molar-refractivity contribution in [1.29, 1.82) is 0 Å². The van der Waals surface area contributed by atoms with E-state index >= 15 is 0 Å². The number of nitrogens with zero attached hydrogens (tertiary/aromatic N) is 3. The summed E-state index contributed by atoms with van der Waals surface area (Å²) in [6.45, 7) is 2.33. The zero-order valence-corrected chi connectivity index (χ0v) is 20.8. The van der Waals surface area contributed by atoms with Crippen LogP contribution in [0.4, 0.5) is 10.5 Å². The van der Waals surface area contributed by atoms with Crippen molar-refractivity contribution in [2.45, 2.75) is 50.3 Å². The number of rotatable bonds is 5. The topological polar surface area (TPSA) is 148 Å². The van der Waals surface area contributed by atoms with Crippen LogP contribution in [0.2, 0.25) is 0 Å². The fourth-order valence-electron chi connectivity index (χ4n) is 4.82. The molecule has 0 spiro atoms. The van der Waals surface area contributed by atoms with Crippen LogP contribution in [0.15, 0.2) is 36.4 Å². The number of fused-ring (bicyclic) bond motifs is 2. The number of esters is 2. The van der Waals surface area contributed by atoms with E-state index in [1.54, 1.807) is 14.0 Å². The average molecular weight is 515 g/mol. The molecule has 0 radical (unpaired) electrons. The number of ether oxygens (including phenoxy) is 2. The number of benzene rings is 1. The number of carbonyl (C=O) groups excluding carboxylic acids is 4. The lowest BCUT2D eigenvalue weighted by molar-refractivity contribution is -0.384. The highest BCUT2D eigenvalue weighted by atomic mass is 16.6. The Kier molecular flexibility index (Phi) is 7.46. The summed E-state index contributed by atoms with van der Waals surface area (Å²) in [7, 11) is 1.65. The molecule has 1 aromatic carbocycles. The Balaban J connectivity index is 1.54. The summed E-state index contributed by atoms with van der Waals surface area (Å²) < 4.78 is 10.8. The molecule has 1 saturated carbocycles. The van der Waals surface area contributed by atoms with Gasteiger partial charge in [0, 0.05) is 38.1 Å². The van der Waals surface area contributed by atoms with Crippen molar-refractivity contribution in [3.8, 4) is 0 Å².